The number of hydrogen-bond donors (Lipinski definition) is 1. The molecule has 0 radical (unpaired) electrons. The summed E-state index contributed by atoms with van der Waals surface area (Å²) in [7, 11) is -3.66. The first-order valence-corrected chi connectivity index (χ1v) is 9.96. The molecular weight excluding hydrogens is 344 g/mol. The second kappa shape index (κ2) is 7.13. The van der Waals surface area contributed by atoms with Crippen molar-refractivity contribution in [3.8, 4) is 0 Å². The highest BCUT2D eigenvalue weighted by molar-refractivity contribution is 7.89. The molecule has 7 nitrogen and oxygen atoms in total. The van der Waals surface area contributed by atoms with Crippen molar-refractivity contribution in [2.75, 3.05) is 26.2 Å². The molecule has 0 atom stereocenters. The van der Waals surface area contributed by atoms with Gasteiger partial charge in [0.25, 0.3) is 0 Å². The normalized spacial score (nSPS) is 19.9. The number of carbonyl (C=O) groups is 2. The summed E-state index contributed by atoms with van der Waals surface area (Å²) in [5, 5.41) is 8.90. The number of sulfonamides is 1. The van der Waals surface area contributed by atoms with Gasteiger partial charge in [0.15, 0.2) is 0 Å². The van der Waals surface area contributed by atoms with E-state index in [0.717, 1.165) is 25.9 Å². The lowest BCUT2D eigenvalue weighted by molar-refractivity contribution is -0.135. The molecule has 0 saturated carbocycles. The molecule has 8 heteroatoms. The van der Waals surface area contributed by atoms with E-state index in [1.54, 1.807) is 0 Å². The summed E-state index contributed by atoms with van der Waals surface area (Å²) in [5.74, 6) is -1.04. The topological polar surface area (TPSA) is 95.0 Å². The standard InChI is InChI=1S/C17H22N2O5S/c20-16(18-9-1-2-10-18)13-7-11-19(12-8-13)25(23,24)15-5-3-14(4-6-15)17(21)22/h3-6,13H,1-2,7-12H2,(H,21,22). The van der Waals surface area contributed by atoms with Crippen LogP contribution in [0.25, 0.3) is 0 Å². The van der Waals surface area contributed by atoms with Crippen molar-refractivity contribution >= 4 is 21.9 Å². The number of nitrogens with zero attached hydrogens (tertiary/aromatic N) is 2. The molecule has 0 unspecified atom stereocenters. The molecule has 3 rings (SSSR count). The summed E-state index contributed by atoms with van der Waals surface area (Å²) in [5.41, 5.74) is 0.0499. The molecule has 2 aliphatic heterocycles. The number of benzene rings is 1. The molecule has 0 aliphatic carbocycles. The zero-order chi connectivity index (χ0) is 18.0. The van der Waals surface area contributed by atoms with E-state index >= 15 is 0 Å². The van der Waals surface area contributed by atoms with E-state index in [9.17, 15) is 18.0 Å². The van der Waals surface area contributed by atoms with Crippen molar-refractivity contribution in [3.05, 3.63) is 29.8 Å². The van der Waals surface area contributed by atoms with E-state index in [1.165, 1.54) is 28.6 Å². The molecule has 2 saturated heterocycles. The van der Waals surface area contributed by atoms with E-state index in [1.807, 2.05) is 4.90 Å². The molecule has 0 spiro atoms. The van der Waals surface area contributed by atoms with Crippen molar-refractivity contribution in [2.45, 2.75) is 30.6 Å². The SMILES string of the molecule is O=C(O)c1ccc(S(=O)(=O)N2CCC(C(=O)N3CCCC3)CC2)cc1. The lowest BCUT2D eigenvalue weighted by atomic mass is 9.97. The summed E-state index contributed by atoms with van der Waals surface area (Å²) >= 11 is 0. The number of carbonyl (C=O) groups excluding carboxylic acids is 1. The Bertz CT molecular complexity index is 746. The summed E-state index contributed by atoms with van der Waals surface area (Å²) in [4.78, 5) is 25.3. The van der Waals surface area contributed by atoms with Crippen molar-refractivity contribution in [1.29, 1.82) is 0 Å². The Morgan fingerprint density at radius 3 is 2.04 bits per heavy atom. The quantitative estimate of drug-likeness (QED) is 0.869. The van der Waals surface area contributed by atoms with Crippen molar-refractivity contribution in [3.63, 3.8) is 0 Å². The Labute approximate surface area is 147 Å². The van der Waals surface area contributed by atoms with Crippen LogP contribution < -0.4 is 0 Å². The highest BCUT2D eigenvalue weighted by Gasteiger charge is 2.34. The van der Waals surface area contributed by atoms with Gasteiger partial charge in [-0.05, 0) is 49.9 Å². The maximum Gasteiger partial charge on any atom is 0.335 e. The largest absolute Gasteiger partial charge is 0.478 e. The maximum absolute atomic E-state index is 12.7. The van der Waals surface area contributed by atoms with Crippen LogP contribution in [0, 0.1) is 5.92 Å². The molecule has 2 aliphatic rings. The fraction of sp³-hybridized carbons (Fsp3) is 0.529. The molecule has 0 bridgehead atoms. The molecular formula is C17H22N2O5S. The third-order valence-corrected chi connectivity index (χ3v) is 6.87. The molecule has 1 N–H and O–H groups in total. The van der Waals surface area contributed by atoms with Gasteiger partial charge in [0.1, 0.15) is 0 Å². The molecule has 136 valence electrons. The predicted molar refractivity (Wildman–Crippen MR) is 90.7 cm³/mol. The zero-order valence-electron chi connectivity index (χ0n) is 13.9. The first kappa shape index (κ1) is 17.9. The van der Waals surface area contributed by atoms with Crippen LogP contribution >= 0.6 is 0 Å². The second-order valence-electron chi connectivity index (χ2n) is 6.54. The number of piperidine rings is 1. The van der Waals surface area contributed by atoms with Gasteiger partial charge in [0.05, 0.1) is 10.5 Å². The van der Waals surface area contributed by atoms with Gasteiger partial charge in [0.2, 0.25) is 15.9 Å². The van der Waals surface area contributed by atoms with Gasteiger partial charge >= 0.3 is 5.97 Å². The molecule has 1 aromatic carbocycles. The average molecular weight is 366 g/mol. The minimum atomic E-state index is -3.66. The lowest BCUT2D eigenvalue weighted by Crippen LogP contribution is -2.43. The number of carboxylic acids is 1. The Balaban J connectivity index is 1.64. The fourth-order valence-electron chi connectivity index (χ4n) is 3.46. The van der Waals surface area contributed by atoms with Crippen LogP contribution in [0.1, 0.15) is 36.0 Å². The van der Waals surface area contributed by atoms with Crippen molar-refractivity contribution < 1.29 is 23.1 Å². The Morgan fingerprint density at radius 2 is 1.52 bits per heavy atom. The average Bonchev–Trinajstić information content (AvgIpc) is 3.16. The van der Waals surface area contributed by atoms with E-state index in [-0.39, 0.29) is 22.3 Å². The fourth-order valence-corrected chi connectivity index (χ4v) is 4.93. The minimum Gasteiger partial charge on any atom is -0.478 e. The monoisotopic (exact) mass is 366 g/mol. The molecule has 0 aromatic heterocycles. The Hall–Kier alpha value is -1.93. The second-order valence-corrected chi connectivity index (χ2v) is 8.48. The highest BCUT2D eigenvalue weighted by Crippen LogP contribution is 2.26. The number of rotatable bonds is 4. The Morgan fingerprint density at radius 1 is 0.960 bits per heavy atom. The lowest BCUT2D eigenvalue weighted by Gasteiger charge is -2.32. The molecule has 2 fully saturated rings. The van der Waals surface area contributed by atoms with Gasteiger partial charge in [-0.2, -0.15) is 4.31 Å². The van der Waals surface area contributed by atoms with Crippen molar-refractivity contribution in [2.24, 2.45) is 5.92 Å². The van der Waals surface area contributed by atoms with E-state index < -0.39 is 16.0 Å². The Kier molecular flexibility index (Phi) is 5.10. The van der Waals surface area contributed by atoms with Crippen LogP contribution in [0.15, 0.2) is 29.2 Å². The summed E-state index contributed by atoms with van der Waals surface area (Å²) in [6, 6.07) is 5.22. The van der Waals surface area contributed by atoms with E-state index in [4.69, 9.17) is 5.11 Å². The summed E-state index contributed by atoms with van der Waals surface area (Å²) < 4.78 is 26.8. The number of amides is 1. The van der Waals surface area contributed by atoms with E-state index in [0.29, 0.717) is 25.9 Å². The molecule has 2 heterocycles. The van der Waals surface area contributed by atoms with Gasteiger partial charge in [0, 0.05) is 32.1 Å². The first-order valence-electron chi connectivity index (χ1n) is 8.52. The predicted octanol–water partition coefficient (Wildman–Crippen LogP) is 1.41. The third-order valence-electron chi connectivity index (χ3n) is 4.96. The van der Waals surface area contributed by atoms with Crippen LogP contribution in [0.4, 0.5) is 0 Å². The summed E-state index contributed by atoms with van der Waals surface area (Å²) in [6.07, 6.45) is 3.15. The third kappa shape index (κ3) is 3.69. The van der Waals surface area contributed by atoms with Gasteiger partial charge in [-0.15, -0.1) is 0 Å². The summed E-state index contributed by atoms with van der Waals surface area (Å²) in [6.45, 7) is 2.25. The van der Waals surface area contributed by atoms with Crippen LogP contribution in [0.3, 0.4) is 0 Å². The van der Waals surface area contributed by atoms with Crippen LogP contribution in [-0.4, -0.2) is 60.8 Å². The molecule has 1 aromatic rings. The minimum absolute atomic E-state index is 0.0499. The van der Waals surface area contributed by atoms with Gasteiger partial charge < -0.3 is 10.0 Å². The highest BCUT2D eigenvalue weighted by atomic mass is 32.2. The number of likely N-dealkylation sites (tertiary alicyclic amines) is 1. The van der Waals surface area contributed by atoms with E-state index in [2.05, 4.69) is 0 Å². The number of hydrogen-bond acceptors (Lipinski definition) is 4. The first-order chi connectivity index (χ1) is 11.9. The maximum atomic E-state index is 12.7. The van der Waals surface area contributed by atoms with Crippen LogP contribution in [0.5, 0.6) is 0 Å². The number of carboxylic acid groups (broad SMARTS) is 1. The van der Waals surface area contributed by atoms with Crippen LogP contribution in [0.2, 0.25) is 0 Å². The van der Waals surface area contributed by atoms with Gasteiger partial charge in [-0.3, -0.25) is 4.79 Å². The van der Waals surface area contributed by atoms with Crippen LogP contribution in [-0.2, 0) is 14.8 Å². The van der Waals surface area contributed by atoms with Gasteiger partial charge in [-0.25, -0.2) is 13.2 Å². The smallest absolute Gasteiger partial charge is 0.335 e. The molecule has 25 heavy (non-hydrogen) atoms. The van der Waals surface area contributed by atoms with Crippen molar-refractivity contribution in [1.82, 2.24) is 9.21 Å². The zero-order valence-corrected chi connectivity index (χ0v) is 14.7. The number of aromatic carboxylic acids is 1. The molecule has 1 amide bonds. The van der Waals surface area contributed by atoms with Gasteiger partial charge in [-0.1, -0.05) is 0 Å².